The van der Waals surface area contributed by atoms with Gasteiger partial charge in [0, 0.05) is 4.47 Å². The molecule has 1 rings (SSSR count). The standard InChI is InChI=1S/C8H6BrF2NO3/c1-15-8(14)6-4(13)2-3(9)5(12-6)7(10)11/h2,7,13H,1H3. The van der Waals surface area contributed by atoms with E-state index in [2.05, 4.69) is 25.7 Å². The number of hydrogen-bond donors (Lipinski definition) is 1. The summed E-state index contributed by atoms with van der Waals surface area (Å²) in [5.41, 5.74) is -1.15. The minimum atomic E-state index is -2.84. The third kappa shape index (κ3) is 2.41. The van der Waals surface area contributed by atoms with Crippen molar-refractivity contribution in [2.45, 2.75) is 6.43 Å². The number of carbonyl (C=O) groups excluding carboxylic acids is 1. The largest absolute Gasteiger partial charge is 0.505 e. The highest BCUT2D eigenvalue weighted by Crippen LogP contribution is 2.30. The molecule has 82 valence electrons. The summed E-state index contributed by atoms with van der Waals surface area (Å²) in [4.78, 5) is 14.3. The monoisotopic (exact) mass is 281 g/mol. The van der Waals surface area contributed by atoms with E-state index >= 15 is 0 Å². The van der Waals surface area contributed by atoms with Crippen LogP contribution >= 0.6 is 15.9 Å². The molecule has 1 N–H and O–H groups in total. The SMILES string of the molecule is COC(=O)c1nc(C(F)F)c(Br)cc1O. The molecule has 15 heavy (non-hydrogen) atoms. The van der Waals surface area contributed by atoms with Gasteiger partial charge in [0.2, 0.25) is 0 Å². The number of aromatic hydroxyl groups is 1. The molecule has 1 aromatic rings. The van der Waals surface area contributed by atoms with Gasteiger partial charge in [-0.05, 0) is 22.0 Å². The summed E-state index contributed by atoms with van der Waals surface area (Å²) >= 11 is 2.80. The number of nitrogens with zero attached hydrogens (tertiary/aromatic N) is 1. The first-order chi connectivity index (χ1) is 6.97. The maximum atomic E-state index is 12.4. The van der Waals surface area contributed by atoms with Crippen molar-refractivity contribution in [3.05, 3.63) is 21.9 Å². The molecule has 7 heteroatoms. The van der Waals surface area contributed by atoms with E-state index in [0.717, 1.165) is 13.2 Å². The van der Waals surface area contributed by atoms with E-state index in [4.69, 9.17) is 0 Å². The number of rotatable bonds is 2. The van der Waals surface area contributed by atoms with Gasteiger partial charge >= 0.3 is 5.97 Å². The second-order valence-corrected chi connectivity index (χ2v) is 3.37. The fourth-order valence-electron chi connectivity index (χ4n) is 0.893. The van der Waals surface area contributed by atoms with Gasteiger partial charge in [0.15, 0.2) is 5.69 Å². The number of alkyl halides is 2. The second kappa shape index (κ2) is 4.52. The maximum Gasteiger partial charge on any atom is 0.360 e. The van der Waals surface area contributed by atoms with Crippen molar-refractivity contribution in [2.75, 3.05) is 7.11 Å². The van der Waals surface area contributed by atoms with E-state index in [-0.39, 0.29) is 4.47 Å². The zero-order chi connectivity index (χ0) is 11.6. The Morgan fingerprint density at radius 3 is 2.73 bits per heavy atom. The molecule has 1 aromatic heterocycles. The third-order valence-corrected chi connectivity index (χ3v) is 2.20. The third-order valence-electron chi connectivity index (χ3n) is 1.57. The van der Waals surface area contributed by atoms with Crippen LogP contribution in [0.4, 0.5) is 8.78 Å². The van der Waals surface area contributed by atoms with Crippen LogP contribution < -0.4 is 0 Å². The molecule has 0 bridgehead atoms. The summed E-state index contributed by atoms with van der Waals surface area (Å²) in [5.74, 6) is -1.49. The summed E-state index contributed by atoms with van der Waals surface area (Å²) in [6.07, 6.45) is -2.84. The van der Waals surface area contributed by atoms with E-state index in [1.165, 1.54) is 0 Å². The predicted molar refractivity (Wildman–Crippen MR) is 49.9 cm³/mol. The summed E-state index contributed by atoms with van der Waals surface area (Å²) in [7, 11) is 1.06. The predicted octanol–water partition coefficient (Wildman–Crippen LogP) is 2.27. The Kier molecular flexibility index (Phi) is 3.57. The molecule has 0 fully saturated rings. The lowest BCUT2D eigenvalue weighted by Gasteiger charge is -2.06. The van der Waals surface area contributed by atoms with Gasteiger partial charge in [-0.3, -0.25) is 0 Å². The molecule has 0 radical (unpaired) electrons. The minimum absolute atomic E-state index is 0.0670. The lowest BCUT2D eigenvalue weighted by molar-refractivity contribution is 0.0588. The lowest BCUT2D eigenvalue weighted by atomic mass is 10.3. The van der Waals surface area contributed by atoms with Gasteiger partial charge in [-0.25, -0.2) is 18.6 Å². The van der Waals surface area contributed by atoms with Crippen LogP contribution in [0.25, 0.3) is 0 Å². The topological polar surface area (TPSA) is 59.4 Å². The van der Waals surface area contributed by atoms with Crippen molar-refractivity contribution in [2.24, 2.45) is 0 Å². The highest BCUT2D eigenvalue weighted by molar-refractivity contribution is 9.10. The summed E-state index contributed by atoms with van der Waals surface area (Å²) in [6.45, 7) is 0. The van der Waals surface area contributed by atoms with Crippen LogP contribution in [0, 0.1) is 0 Å². The maximum absolute atomic E-state index is 12.4. The highest BCUT2D eigenvalue weighted by atomic mass is 79.9. The van der Waals surface area contributed by atoms with E-state index in [1.807, 2.05) is 0 Å². The molecule has 4 nitrogen and oxygen atoms in total. The van der Waals surface area contributed by atoms with Crippen molar-refractivity contribution in [3.8, 4) is 5.75 Å². The molecule has 0 aliphatic rings. The first-order valence-electron chi connectivity index (χ1n) is 3.73. The first-order valence-corrected chi connectivity index (χ1v) is 4.52. The normalized spacial score (nSPS) is 10.5. The number of ether oxygens (including phenoxy) is 1. The van der Waals surface area contributed by atoms with Gasteiger partial charge in [-0.15, -0.1) is 0 Å². The Morgan fingerprint density at radius 2 is 2.27 bits per heavy atom. The number of pyridine rings is 1. The Morgan fingerprint density at radius 1 is 1.67 bits per heavy atom. The zero-order valence-electron chi connectivity index (χ0n) is 7.50. The number of hydrogen-bond acceptors (Lipinski definition) is 4. The molecule has 0 amide bonds. The molecular weight excluding hydrogens is 276 g/mol. The molecule has 0 aliphatic heterocycles. The molecule has 0 aromatic carbocycles. The van der Waals surface area contributed by atoms with E-state index in [9.17, 15) is 18.7 Å². The van der Waals surface area contributed by atoms with Crippen molar-refractivity contribution in [1.29, 1.82) is 0 Å². The molecular formula is C8H6BrF2NO3. The Hall–Kier alpha value is -1.24. The number of halogens is 3. The van der Waals surface area contributed by atoms with Gasteiger partial charge in [-0.1, -0.05) is 0 Å². The van der Waals surface area contributed by atoms with E-state index in [0.29, 0.717) is 0 Å². The number of carbonyl (C=O) groups is 1. The second-order valence-electron chi connectivity index (χ2n) is 2.52. The molecule has 0 atom stereocenters. The van der Waals surface area contributed by atoms with Crippen molar-refractivity contribution >= 4 is 21.9 Å². The average molecular weight is 282 g/mol. The number of aromatic nitrogens is 1. The summed E-state index contributed by atoms with van der Waals surface area (Å²) in [6, 6.07) is 0.973. The number of methoxy groups -OCH3 is 1. The molecule has 0 aliphatic carbocycles. The van der Waals surface area contributed by atoms with Crippen LogP contribution in [0.2, 0.25) is 0 Å². The van der Waals surface area contributed by atoms with E-state index in [1.54, 1.807) is 0 Å². The fourth-order valence-corrected chi connectivity index (χ4v) is 1.37. The smallest absolute Gasteiger partial charge is 0.360 e. The molecule has 0 unspecified atom stereocenters. The van der Waals surface area contributed by atoms with Crippen LogP contribution in [0.15, 0.2) is 10.5 Å². The minimum Gasteiger partial charge on any atom is -0.505 e. The Balaban J connectivity index is 3.29. The van der Waals surface area contributed by atoms with Gasteiger partial charge in [0.25, 0.3) is 6.43 Å². The van der Waals surface area contributed by atoms with Gasteiger partial charge in [-0.2, -0.15) is 0 Å². The molecule has 0 saturated carbocycles. The van der Waals surface area contributed by atoms with Gasteiger partial charge in [0.1, 0.15) is 11.4 Å². The van der Waals surface area contributed by atoms with Crippen LogP contribution in [0.5, 0.6) is 5.75 Å². The fraction of sp³-hybridized carbons (Fsp3) is 0.250. The molecule has 0 saturated heterocycles. The van der Waals surface area contributed by atoms with E-state index < -0.39 is 29.5 Å². The van der Waals surface area contributed by atoms with Crippen molar-refractivity contribution in [1.82, 2.24) is 4.98 Å². The Labute approximate surface area is 92.0 Å². The van der Waals surface area contributed by atoms with Crippen LogP contribution in [0.3, 0.4) is 0 Å². The molecule has 1 heterocycles. The zero-order valence-corrected chi connectivity index (χ0v) is 9.09. The first kappa shape index (κ1) is 11.8. The van der Waals surface area contributed by atoms with Crippen molar-refractivity contribution in [3.63, 3.8) is 0 Å². The van der Waals surface area contributed by atoms with Crippen LogP contribution in [-0.2, 0) is 4.74 Å². The number of esters is 1. The summed E-state index contributed by atoms with van der Waals surface area (Å²) < 4.78 is 29.0. The van der Waals surface area contributed by atoms with Crippen LogP contribution in [-0.4, -0.2) is 23.2 Å². The highest BCUT2D eigenvalue weighted by Gasteiger charge is 2.21. The van der Waals surface area contributed by atoms with Crippen molar-refractivity contribution < 1.29 is 23.4 Å². The van der Waals surface area contributed by atoms with Crippen LogP contribution in [0.1, 0.15) is 22.6 Å². The summed E-state index contributed by atoms with van der Waals surface area (Å²) in [5, 5.41) is 9.26. The van der Waals surface area contributed by atoms with Gasteiger partial charge in [0.05, 0.1) is 7.11 Å². The lowest BCUT2D eigenvalue weighted by Crippen LogP contribution is -2.07. The Bertz CT molecular complexity index is 398. The average Bonchev–Trinajstić information content (AvgIpc) is 2.16. The van der Waals surface area contributed by atoms with Gasteiger partial charge < -0.3 is 9.84 Å². The molecule has 0 spiro atoms. The quantitative estimate of drug-likeness (QED) is 0.845.